The molecule has 0 unspecified atom stereocenters. The van der Waals surface area contributed by atoms with Crippen LogP contribution in [0.25, 0.3) is 0 Å². The summed E-state index contributed by atoms with van der Waals surface area (Å²) in [5, 5.41) is 4.14. The molecular formula is C47H74N2O4S. The molecule has 12 atom stereocenters. The molecule has 2 bridgehead atoms. The molecule has 0 amide bonds. The number of sulfone groups is 1. The number of nitrogens with zero attached hydrogens (tertiary/aromatic N) is 1. The van der Waals surface area contributed by atoms with E-state index in [2.05, 4.69) is 77.4 Å². The lowest BCUT2D eigenvalue weighted by atomic mass is 9.33. The predicted molar refractivity (Wildman–Crippen MR) is 220 cm³/mol. The summed E-state index contributed by atoms with van der Waals surface area (Å²) in [4.78, 5) is 15.3. The van der Waals surface area contributed by atoms with Crippen LogP contribution < -0.4 is 5.32 Å². The van der Waals surface area contributed by atoms with Gasteiger partial charge in [-0.05, 0) is 159 Å². The van der Waals surface area contributed by atoms with Gasteiger partial charge in [0.2, 0.25) is 0 Å². The molecule has 6 nitrogen and oxygen atoms in total. The van der Waals surface area contributed by atoms with E-state index in [4.69, 9.17) is 4.74 Å². The Morgan fingerprint density at radius 2 is 1.78 bits per heavy atom. The zero-order valence-electron chi connectivity index (χ0n) is 35.1. The summed E-state index contributed by atoms with van der Waals surface area (Å²) in [6, 6.07) is 0.233. The minimum atomic E-state index is -2.86. The van der Waals surface area contributed by atoms with Gasteiger partial charge in [-0.15, -0.1) is 0 Å². The van der Waals surface area contributed by atoms with Crippen LogP contribution in [0, 0.1) is 57.2 Å². The Labute approximate surface area is 329 Å². The highest BCUT2D eigenvalue weighted by molar-refractivity contribution is 7.92. The number of hydrogen-bond donors (Lipinski definition) is 1. The van der Waals surface area contributed by atoms with Crippen molar-refractivity contribution in [1.82, 2.24) is 10.2 Å². The standard InChI is InChI=1S/C47H74N2O4S/c1-9-10-27-53-42(50)33-13-11-32(12-14-33)37-18-20-44(6)39(43(37,4)5)19-21-46(8)40(44)16-15-38-41-36(31(2)3)17-22-47(41,24-23-45(38,46)7)48-25-26-49-29-35-28-34(49)30-54(35,51)52/h11,18,33-36,38-41,48H,2,9-10,12-17,19-30H2,1,3-8H3/t33-,34+,35+,36+,38-,39+,40-,41-,44+,45-,46-,47+/m1/s1. The lowest BCUT2D eigenvalue weighted by molar-refractivity contribution is -0.221. The number of unbranched alkanes of at least 4 members (excludes halogenated alkanes) is 1. The van der Waals surface area contributed by atoms with Gasteiger partial charge < -0.3 is 10.1 Å². The van der Waals surface area contributed by atoms with Crippen LogP contribution in [0.3, 0.4) is 0 Å². The Morgan fingerprint density at radius 3 is 2.44 bits per heavy atom. The molecule has 0 aromatic carbocycles. The van der Waals surface area contributed by atoms with Crippen molar-refractivity contribution in [3.8, 4) is 0 Å². The highest BCUT2D eigenvalue weighted by atomic mass is 32.2. The van der Waals surface area contributed by atoms with E-state index in [1.165, 1.54) is 68.9 Å². The van der Waals surface area contributed by atoms with Crippen molar-refractivity contribution in [2.75, 3.05) is 32.0 Å². The Hall–Kier alpha value is -1.44. The zero-order valence-corrected chi connectivity index (χ0v) is 35.9. The number of likely N-dealkylation sites (tertiary alicyclic amines) is 1. The van der Waals surface area contributed by atoms with Crippen molar-refractivity contribution >= 4 is 15.8 Å². The number of rotatable bonds is 10. The first-order valence-corrected chi connectivity index (χ1v) is 24.1. The van der Waals surface area contributed by atoms with Crippen molar-refractivity contribution in [3.05, 3.63) is 35.5 Å². The summed E-state index contributed by atoms with van der Waals surface area (Å²) in [6.07, 6.45) is 22.2. The third kappa shape index (κ3) is 5.94. The smallest absolute Gasteiger partial charge is 0.309 e. The first-order valence-electron chi connectivity index (χ1n) is 22.4. The van der Waals surface area contributed by atoms with Crippen LogP contribution in [0.2, 0.25) is 0 Å². The van der Waals surface area contributed by atoms with E-state index < -0.39 is 9.84 Å². The van der Waals surface area contributed by atoms with Crippen molar-refractivity contribution in [2.45, 2.75) is 162 Å². The fourth-order valence-corrected chi connectivity index (χ4v) is 17.9. The average Bonchev–Trinajstić information content (AvgIpc) is 3.79. The van der Waals surface area contributed by atoms with E-state index in [1.54, 1.807) is 5.57 Å². The van der Waals surface area contributed by atoms with Gasteiger partial charge in [0.1, 0.15) is 0 Å². The van der Waals surface area contributed by atoms with E-state index >= 15 is 0 Å². The quantitative estimate of drug-likeness (QED) is 0.136. The summed E-state index contributed by atoms with van der Waals surface area (Å²) in [5.74, 6) is 3.70. The number of ether oxygens (including phenoxy) is 1. The number of nitrogens with one attached hydrogen (secondary N) is 1. The summed E-state index contributed by atoms with van der Waals surface area (Å²) in [5.41, 5.74) is 5.68. The van der Waals surface area contributed by atoms with Crippen LogP contribution in [0.5, 0.6) is 0 Å². The molecule has 8 aliphatic rings. The second kappa shape index (κ2) is 13.8. The van der Waals surface area contributed by atoms with E-state index in [9.17, 15) is 13.2 Å². The van der Waals surface area contributed by atoms with E-state index in [-0.39, 0.29) is 39.5 Å². The number of carbonyl (C=O) groups is 1. The summed E-state index contributed by atoms with van der Waals surface area (Å²) >= 11 is 0. The second-order valence-electron chi connectivity index (χ2n) is 21.4. The molecule has 2 saturated heterocycles. The van der Waals surface area contributed by atoms with E-state index in [0.717, 1.165) is 64.1 Å². The molecule has 54 heavy (non-hydrogen) atoms. The average molecular weight is 763 g/mol. The van der Waals surface area contributed by atoms with Crippen molar-refractivity contribution in [2.24, 2.45) is 57.2 Å². The lowest BCUT2D eigenvalue weighted by Crippen LogP contribution is -2.68. The first kappa shape index (κ1) is 39.4. The molecule has 8 rings (SSSR count). The van der Waals surface area contributed by atoms with Crippen molar-refractivity contribution < 1.29 is 17.9 Å². The number of hydrogen-bond acceptors (Lipinski definition) is 6. The SMILES string of the molecule is C=C(C)[C@@H]1CC[C@]2(NCCN3C[C@@H]4C[C@H]3CS4(=O)=O)CC[C@]3(C)[C@H](CC[C@@H]4[C@@]5(C)CC=C(C6=CC[C@@H](C(=O)OCCCC)CC6)C(C)(C)[C@@H]5CC[C@]43C)[C@@H]12. The van der Waals surface area contributed by atoms with Gasteiger partial charge in [-0.3, -0.25) is 9.69 Å². The number of esters is 1. The van der Waals surface area contributed by atoms with Gasteiger partial charge in [0, 0.05) is 31.2 Å². The van der Waals surface area contributed by atoms with Gasteiger partial charge in [0.25, 0.3) is 0 Å². The maximum Gasteiger partial charge on any atom is 0.309 e. The molecule has 6 fully saturated rings. The van der Waals surface area contributed by atoms with Gasteiger partial charge in [0.15, 0.2) is 9.84 Å². The summed E-state index contributed by atoms with van der Waals surface area (Å²) in [6.45, 7) is 25.6. The molecule has 2 heterocycles. The minimum Gasteiger partial charge on any atom is -0.465 e. The molecule has 4 saturated carbocycles. The molecule has 2 aliphatic heterocycles. The highest BCUT2D eigenvalue weighted by Crippen LogP contribution is 2.76. The van der Waals surface area contributed by atoms with Gasteiger partial charge in [-0.2, -0.15) is 0 Å². The minimum absolute atomic E-state index is 0.00928. The summed E-state index contributed by atoms with van der Waals surface area (Å²) < 4.78 is 30.5. The fourth-order valence-electron chi connectivity index (χ4n) is 15.8. The molecular weight excluding hydrogens is 689 g/mol. The van der Waals surface area contributed by atoms with Crippen LogP contribution in [0.4, 0.5) is 0 Å². The van der Waals surface area contributed by atoms with Crippen LogP contribution in [0.15, 0.2) is 35.5 Å². The third-order valence-corrected chi connectivity index (χ3v) is 21.0. The molecule has 0 radical (unpaired) electrons. The molecule has 7 heteroatoms. The maximum atomic E-state index is 12.8. The maximum absolute atomic E-state index is 12.8. The van der Waals surface area contributed by atoms with Crippen LogP contribution >= 0.6 is 0 Å². The van der Waals surface area contributed by atoms with E-state index in [0.29, 0.717) is 46.9 Å². The molecule has 302 valence electrons. The number of allylic oxidation sites excluding steroid dienone is 5. The highest BCUT2D eigenvalue weighted by Gasteiger charge is 2.70. The van der Waals surface area contributed by atoms with Gasteiger partial charge in [-0.1, -0.05) is 72.3 Å². The molecule has 0 aromatic rings. The van der Waals surface area contributed by atoms with Crippen LogP contribution in [-0.4, -0.2) is 68.1 Å². The number of fused-ring (bicyclic) bond motifs is 9. The van der Waals surface area contributed by atoms with Gasteiger partial charge >= 0.3 is 5.97 Å². The van der Waals surface area contributed by atoms with Crippen molar-refractivity contribution in [3.63, 3.8) is 0 Å². The van der Waals surface area contributed by atoms with Gasteiger partial charge in [-0.25, -0.2) is 8.42 Å². The molecule has 1 N–H and O–H groups in total. The Bertz CT molecular complexity index is 1680. The van der Waals surface area contributed by atoms with Crippen molar-refractivity contribution in [1.29, 1.82) is 0 Å². The second-order valence-corrected chi connectivity index (χ2v) is 23.7. The third-order valence-electron chi connectivity index (χ3n) is 18.8. The molecule has 0 spiro atoms. The molecule has 6 aliphatic carbocycles. The Balaban J connectivity index is 0.999. The predicted octanol–water partition coefficient (Wildman–Crippen LogP) is 9.46. The summed E-state index contributed by atoms with van der Waals surface area (Å²) in [7, 11) is -2.86. The van der Waals surface area contributed by atoms with Crippen LogP contribution in [-0.2, 0) is 19.4 Å². The Kier molecular flexibility index (Phi) is 10.1. The monoisotopic (exact) mass is 763 g/mol. The number of carbonyl (C=O) groups excluding carboxylic acids is 1. The molecule has 0 aromatic heterocycles. The Morgan fingerprint density at radius 1 is 0.981 bits per heavy atom. The topological polar surface area (TPSA) is 75.7 Å². The zero-order chi connectivity index (χ0) is 38.5. The van der Waals surface area contributed by atoms with Gasteiger partial charge in [0.05, 0.1) is 23.5 Å². The fraction of sp³-hybridized carbons (Fsp3) is 0.851. The lowest BCUT2D eigenvalue weighted by Gasteiger charge is -2.72. The first-order chi connectivity index (χ1) is 25.5. The van der Waals surface area contributed by atoms with E-state index in [1.807, 2.05) is 0 Å². The normalized spacial score (nSPS) is 46.1. The van der Waals surface area contributed by atoms with Crippen LogP contribution in [0.1, 0.15) is 145 Å². The largest absolute Gasteiger partial charge is 0.465 e.